The van der Waals surface area contributed by atoms with Crippen molar-refractivity contribution in [3.63, 3.8) is 0 Å². The van der Waals surface area contributed by atoms with Gasteiger partial charge in [-0.3, -0.25) is 4.79 Å². The van der Waals surface area contributed by atoms with Crippen LogP contribution >= 0.6 is 34.2 Å². The number of halogens is 2. The first-order valence-corrected chi connectivity index (χ1v) is 5.11. The number of hydrogen-bond acceptors (Lipinski definition) is 1. The topological polar surface area (TPSA) is 32.9 Å². The smallest absolute Gasteiger partial charge is 0.207 e. The Morgan fingerprint density at radius 1 is 1.38 bits per heavy atom. The van der Waals surface area contributed by atoms with Crippen molar-refractivity contribution in [2.45, 2.75) is 0 Å². The summed E-state index contributed by atoms with van der Waals surface area (Å²) >= 11 is 7.87. The molecule has 0 saturated heterocycles. The second-order valence-corrected chi connectivity index (χ2v) is 4.20. The molecule has 0 spiro atoms. The average Bonchev–Trinajstić information content (AvgIpc) is 2.12. The molecular weight excluding hydrogens is 300 g/mol. The van der Waals surface area contributed by atoms with Crippen molar-refractivity contribution in [1.82, 2.24) is 4.98 Å². The predicted molar refractivity (Wildman–Crippen MR) is 62.3 cm³/mol. The minimum atomic E-state index is -0.117. The third-order valence-corrected chi connectivity index (χ3v) is 3.00. The van der Waals surface area contributed by atoms with Gasteiger partial charge in [-0.2, -0.15) is 0 Å². The minimum absolute atomic E-state index is 0.117. The summed E-state index contributed by atoms with van der Waals surface area (Å²) < 4.78 is 1.02. The Labute approximate surface area is 93.1 Å². The second-order valence-electron chi connectivity index (χ2n) is 2.63. The maximum Gasteiger partial charge on any atom is 0.207 e. The number of H-pyrrole nitrogens is 1. The molecule has 0 fully saturated rings. The number of hydrogen-bond donors (Lipinski definition) is 1. The number of nitrogens with one attached hydrogen (secondary N) is 1. The molecule has 0 amide bonds. The first-order valence-electron chi connectivity index (χ1n) is 3.65. The fraction of sp³-hybridized carbons (Fsp3) is 0. The molecule has 0 atom stereocenters. The van der Waals surface area contributed by atoms with Crippen LogP contribution in [0.4, 0.5) is 0 Å². The summed E-state index contributed by atoms with van der Waals surface area (Å²) in [5, 5.41) is 0.869. The first kappa shape index (κ1) is 9.02. The van der Waals surface area contributed by atoms with Crippen molar-refractivity contribution in [1.29, 1.82) is 0 Å². The lowest BCUT2D eigenvalue weighted by atomic mass is 10.2. The van der Waals surface area contributed by atoms with Crippen LogP contribution in [0.25, 0.3) is 10.9 Å². The average molecular weight is 306 g/mol. The Balaban J connectivity index is 3.03. The van der Waals surface area contributed by atoms with E-state index in [9.17, 15) is 4.79 Å². The molecule has 0 radical (unpaired) electrons. The Kier molecular flexibility index (Phi) is 2.29. The molecule has 0 aliphatic carbocycles. The highest BCUT2D eigenvalue weighted by atomic mass is 127. The molecule has 2 aromatic rings. The van der Waals surface area contributed by atoms with Gasteiger partial charge in [0.05, 0.1) is 5.52 Å². The second kappa shape index (κ2) is 3.31. The van der Waals surface area contributed by atoms with Gasteiger partial charge in [-0.25, -0.2) is 0 Å². The van der Waals surface area contributed by atoms with Gasteiger partial charge < -0.3 is 4.98 Å². The van der Waals surface area contributed by atoms with E-state index in [0.717, 1.165) is 9.09 Å². The lowest BCUT2D eigenvalue weighted by Crippen LogP contribution is -2.03. The summed E-state index contributed by atoms with van der Waals surface area (Å²) in [6, 6.07) is 5.55. The van der Waals surface area contributed by atoms with Crippen molar-refractivity contribution < 1.29 is 0 Å². The highest BCUT2D eigenvalue weighted by molar-refractivity contribution is 14.1. The Morgan fingerprint density at radius 3 is 2.92 bits per heavy atom. The summed E-state index contributed by atoms with van der Waals surface area (Å²) in [6.07, 6.45) is 1.52. The van der Waals surface area contributed by atoms with Gasteiger partial charge in [0, 0.05) is 15.2 Å². The number of rotatable bonds is 0. The Hall–Kier alpha value is -0.550. The number of aromatic amines is 1. The van der Waals surface area contributed by atoms with Crippen molar-refractivity contribution in [3.05, 3.63) is 43.2 Å². The Morgan fingerprint density at radius 2 is 2.15 bits per heavy atom. The predicted octanol–water partition coefficient (Wildman–Crippen LogP) is 2.79. The van der Waals surface area contributed by atoms with Crippen molar-refractivity contribution >= 4 is 45.1 Å². The van der Waals surface area contributed by atoms with Crippen molar-refractivity contribution in [2.75, 3.05) is 0 Å². The van der Waals surface area contributed by atoms with Gasteiger partial charge >= 0.3 is 0 Å². The molecule has 13 heavy (non-hydrogen) atoms. The van der Waals surface area contributed by atoms with E-state index >= 15 is 0 Å². The summed E-state index contributed by atoms with van der Waals surface area (Å²) in [5.74, 6) is 0. The number of benzene rings is 1. The summed E-state index contributed by atoms with van der Waals surface area (Å²) in [6.45, 7) is 0. The van der Waals surface area contributed by atoms with Gasteiger partial charge in [0.2, 0.25) is 5.43 Å². The molecule has 0 aliphatic heterocycles. The molecule has 0 saturated carbocycles. The maximum absolute atomic E-state index is 11.5. The molecule has 1 heterocycles. The molecule has 0 aliphatic rings. The van der Waals surface area contributed by atoms with Gasteiger partial charge in [0.25, 0.3) is 0 Å². The number of para-hydroxylation sites is 1. The molecule has 2 rings (SSSR count). The highest BCUT2D eigenvalue weighted by Gasteiger charge is 2.03. The van der Waals surface area contributed by atoms with Crippen molar-refractivity contribution in [2.24, 2.45) is 0 Å². The van der Waals surface area contributed by atoms with Crippen LogP contribution in [0.2, 0.25) is 5.02 Å². The minimum Gasteiger partial charge on any atom is -0.359 e. The van der Waals surface area contributed by atoms with E-state index in [4.69, 9.17) is 11.6 Å². The quantitative estimate of drug-likeness (QED) is 0.746. The van der Waals surface area contributed by atoms with E-state index in [1.807, 2.05) is 12.1 Å². The fourth-order valence-corrected chi connectivity index (χ4v) is 2.00. The lowest BCUT2D eigenvalue weighted by Gasteiger charge is -1.99. The van der Waals surface area contributed by atoms with Crippen LogP contribution in [0.3, 0.4) is 0 Å². The molecule has 0 unspecified atom stereocenters. The zero-order valence-corrected chi connectivity index (χ0v) is 9.39. The Bertz CT molecular complexity index is 520. The molecule has 66 valence electrons. The van der Waals surface area contributed by atoms with Gasteiger partial charge in [-0.1, -0.05) is 17.7 Å². The molecule has 2 nitrogen and oxygen atoms in total. The molecule has 1 aromatic heterocycles. The number of aromatic nitrogens is 1. The monoisotopic (exact) mass is 305 g/mol. The van der Waals surface area contributed by atoms with Gasteiger partial charge in [-0.15, -0.1) is 0 Å². The van der Waals surface area contributed by atoms with Crippen LogP contribution < -0.4 is 5.43 Å². The third kappa shape index (κ3) is 1.46. The summed E-state index contributed by atoms with van der Waals surface area (Å²) in [4.78, 5) is 14.5. The van der Waals surface area contributed by atoms with Gasteiger partial charge in [-0.05, 0) is 34.7 Å². The fourth-order valence-electron chi connectivity index (χ4n) is 1.19. The van der Waals surface area contributed by atoms with Crippen LogP contribution in [0, 0.1) is 3.57 Å². The van der Waals surface area contributed by atoms with Gasteiger partial charge in [0.15, 0.2) is 0 Å². The normalized spacial score (nSPS) is 10.6. The maximum atomic E-state index is 11.5. The van der Waals surface area contributed by atoms with E-state index in [1.54, 1.807) is 6.07 Å². The van der Waals surface area contributed by atoms with E-state index in [0.29, 0.717) is 5.39 Å². The zero-order valence-electron chi connectivity index (χ0n) is 6.47. The SMILES string of the molecule is O=c1c(Cl)c[nH]c2c(I)cccc12. The highest BCUT2D eigenvalue weighted by Crippen LogP contribution is 2.16. The molecule has 1 N–H and O–H groups in total. The van der Waals surface area contributed by atoms with E-state index in [1.165, 1.54) is 6.20 Å². The molecule has 1 aromatic carbocycles. The lowest BCUT2D eigenvalue weighted by molar-refractivity contribution is 1.38. The van der Waals surface area contributed by atoms with E-state index in [-0.39, 0.29) is 10.5 Å². The largest absolute Gasteiger partial charge is 0.359 e. The number of pyridine rings is 1. The molecular formula is C9H5ClINO. The van der Waals surface area contributed by atoms with Crippen LogP contribution in [0.5, 0.6) is 0 Å². The van der Waals surface area contributed by atoms with E-state index in [2.05, 4.69) is 27.6 Å². The van der Waals surface area contributed by atoms with E-state index < -0.39 is 0 Å². The standard InChI is InChI=1S/C9H5ClINO/c10-6-4-12-8-5(9(6)13)2-1-3-7(8)11/h1-4H,(H,12,13). The third-order valence-electron chi connectivity index (χ3n) is 1.82. The van der Waals surface area contributed by atoms with Crippen molar-refractivity contribution in [3.8, 4) is 0 Å². The van der Waals surface area contributed by atoms with Crippen LogP contribution in [0.1, 0.15) is 0 Å². The van der Waals surface area contributed by atoms with Gasteiger partial charge in [0.1, 0.15) is 5.02 Å². The zero-order chi connectivity index (χ0) is 9.42. The molecule has 4 heteroatoms. The summed E-state index contributed by atoms with van der Waals surface area (Å²) in [7, 11) is 0. The van der Waals surface area contributed by atoms with Crippen LogP contribution in [-0.2, 0) is 0 Å². The first-order chi connectivity index (χ1) is 6.20. The van der Waals surface area contributed by atoms with Crippen LogP contribution in [-0.4, -0.2) is 4.98 Å². The number of fused-ring (bicyclic) bond motifs is 1. The summed E-state index contributed by atoms with van der Waals surface area (Å²) in [5.41, 5.74) is 0.728. The van der Waals surface area contributed by atoms with Crippen LogP contribution in [0.15, 0.2) is 29.2 Å². The molecule has 0 bridgehead atoms.